The minimum absolute atomic E-state index is 0.108. The van der Waals surface area contributed by atoms with Gasteiger partial charge in [0.2, 0.25) is 0 Å². The first-order valence-electron chi connectivity index (χ1n) is 5.35. The van der Waals surface area contributed by atoms with Crippen LogP contribution >= 0.6 is 0 Å². The molecule has 2 aromatic rings. The highest BCUT2D eigenvalue weighted by Gasteiger charge is 2.08. The third-order valence-electron chi connectivity index (χ3n) is 2.38. The smallest absolute Gasteiger partial charge is 0.143 e. The fraction of sp³-hybridized carbons (Fsp3) is 0.250. The van der Waals surface area contributed by atoms with Gasteiger partial charge in [0.1, 0.15) is 5.78 Å². The van der Waals surface area contributed by atoms with E-state index in [1.807, 2.05) is 18.2 Å². The Kier molecular flexibility index (Phi) is 3.18. The molecule has 1 aromatic carbocycles. The summed E-state index contributed by atoms with van der Waals surface area (Å²) in [4.78, 5) is 11.8. The van der Waals surface area contributed by atoms with Crippen molar-refractivity contribution in [1.29, 1.82) is 0 Å². The predicted octanol–water partition coefficient (Wildman–Crippen LogP) is 0.752. The second kappa shape index (κ2) is 4.78. The summed E-state index contributed by atoms with van der Waals surface area (Å²) in [5.41, 5.74) is 7.95. The number of nitrogens with zero attached hydrogens (tertiary/aromatic N) is 3. The number of benzene rings is 1. The minimum atomic E-state index is 0.108. The number of carbonyl (C=O) groups is 1. The molecular formula is C12H14N4O. The van der Waals surface area contributed by atoms with Crippen LogP contribution in [0.5, 0.6) is 0 Å². The van der Waals surface area contributed by atoms with Crippen LogP contribution in [-0.4, -0.2) is 20.8 Å². The van der Waals surface area contributed by atoms with Gasteiger partial charge >= 0.3 is 0 Å². The lowest BCUT2D eigenvalue weighted by Crippen LogP contribution is -2.07. The van der Waals surface area contributed by atoms with Crippen molar-refractivity contribution >= 4 is 11.5 Å². The molecule has 5 nitrogen and oxygen atoms in total. The first-order chi connectivity index (χ1) is 8.13. The number of rotatable bonds is 4. The molecule has 0 spiro atoms. The Bertz CT molecular complexity index is 533. The van der Waals surface area contributed by atoms with Crippen LogP contribution in [0.15, 0.2) is 30.5 Å². The second-order valence-corrected chi connectivity index (χ2v) is 4.02. The largest absolute Gasteiger partial charge is 0.399 e. The van der Waals surface area contributed by atoms with Crippen molar-refractivity contribution in [1.82, 2.24) is 15.0 Å². The van der Waals surface area contributed by atoms with E-state index in [-0.39, 0.29) is 5.78 Å². The fourth-order valence-electron chi connectivity index (χ4n) is 1.67. The molecule has 17 heavy (non-hydrogen) atoms. The van der Waals surface area contributed by atoms with Crippen molar-refractivity contribution < 1.29 is 4.79 Å². The van der Waals surface area contributed by atoms with Gasteiger partial charge in [0, 0.05) is 25.4 Å². The molecule has 0 saturated carbocycles. The van der Waals surface area contributed by atoms with Crippen molar-refractivity contribution in [3.05, 3.63) is 41.7 Å². The molecule has 1 heterocycles. The molecule has 5 heteroatoms. The van der Waals surface area contributed by atoms with Gasteiger partial charge in [-0.2, -0.15) is 0 Å². The Morgan fingerprint density at radius 1 is 1.41 bits per heavy atom. The molecule has 88 valence electrons. The van der Waals surface area contributed by atoms with Gasteiger partial charge in [0.15, 0.2) is 0 Å². The van der Waals surface area contributed by atoms with Crippen LogP contribution in [-0.2, 0) is 24.7 Å². The Hall–Kier alpha value is -2.17. The first kappa shape index (κ1) is 11.3. The third kappa shape index (κ3) is 3.14. The number of anilines is 1. The van der Waals surface area contributed by atoms with E-state index in [1.165, 1.54) is 0 Å². The van der Waals surface area contributed by atoms with Gasteiger partial charge in [-0.3, -0.25) is 9.48 Å². The van der Waals surface area contributed by atoms with E-state index in [9.17, 15) is 4.79 Å². The quantitative estimate of drug-likeness (QED) is 0.787. The van der Waals surface area contributed by atoms with Gasteiger partial charge in [-0.05, 0) is 17.7 Å². The summed E-state index contributed by atoms with van der Waals surface area (Å²) in [5.74, 6) is 0.108. The molecule has 0 atom stereocenters. The molecule has 0 unspecified atom stereocenters. The minimum Gasteiger partial charge on any atom is -0.399 e. The highest BCUT2D eigenvalue weighted by molar-refractivity contribution is 5.82. The summed E-state index contributed by atoms with van der Waals surface area (Å²) >= 11 is 0. The zero-order valence-corrected chi connectivity index (χ0v) is 9.63. The van der Waals surface area contributed by atoms with Gasteiger partial charge < -0.3 is 5.73 Å². The van der Waals surface area contributed by atoms with E-state index in [0.29, 0.717) is 24.2 Å². The van der Waals surface area contributed by atoms with E-state index in [0.717, 1.165) is 5.56 Å². The van der Waals surface area contributed by atoms with Crippen molar-refractivity contribution in [2.75, 3.05) is 5.73 Å². The van der Waals surface area contributed by atoms with Crippen LogP contribution in [0.2, 0.25) is 0 Å². The summed E-state index contributed by atoms with van der Waals surface area (Å²) in [7, 11) is 1.78. The van der Waals surface area contributed by atoms with Crippen LogP contribution in [0.1, 0.15) is 11.3 Å². The van der Waals surface area contributed by atoms with E-state index in [2.05, 4.69) is 10.3 Å². The summed E-state index contributed by atoms with van der Waals surface area (Å²) in [6.07, 6.45) is 2.43. The van der Waals surface area contributed by atoms with Crippen molar-refractivity contribution in [3.8, 4) is 0 Å². The summed E-state index contributed by atoms with van der Waals surface area (Å²) in [6, 6.07) is 7.36. The van der Waals surface area contributed by atoms with Gasteiger partial charge in [-0.1, -0.05) is 17.3 Å². The Balaban J connectivity index is 1.98. The number of aromatic nitrogens is 3. The van der Waals surface area contributed by atoms with Gasteiger partial charge in [-0.15, -0.1) is 5.10 Å². The molecule has 1 aromatic heterocycles. The number of hydrogen-bond acceptors (Lipinski definition) is 4. The van der Waals surface area contributed by atoms with Gasteiger partial charge in [0.05, 0.1) is 12.1 Å². The summed E-state index contributed by atoms with van der Waals surface area (Å²) in [6.45, 7) is 0. The topological polar surface area (TPSA) is 73.8 Å². The number of nitrogen functional groups attached to an aromatic ring is 1. The average Bonchev–Trinajstić information content (AvgIpc) is 2.63. The third-order valence-corrected chi connectivity index (χ3v) is 2.38. The molecule has 2 rings (SSSR count). The SMILES string of the molecule is Cn1cc(CC(=O)Cc2cccc(N)c2)nn1. The standard InChI is InChI=1S/C12H14N4O/c1-16-8-11(14-15-16)7-12(17)6-9-3-2-4-10(13)5-9/h2-5,8H,6-7,13H2,1H3. The molecule has 0 bridgehead atoms. The van der Waals surface area contributed by atoms with E-state index in [4.69, 9.17) is 5.73 Å². The first-order valence-corrected chi connectivity index (χ1v) is 5.35. The molecule has 0 saturated heterocycles. The number of nitrogens with two attached hydrogens (primary N) is 1. The molecule has 0 radical (unpaired) electrons. The lowest BCUT2D eigenvalue weighted by Gasteiger charge is -2.00. The maximum Gasteiger partial charge on any atom is 0.143 e. The molecule has 0 fully saturated rings. The molecular weight excluding hydrogens is 216 g/mol. The number of hydrogen-bond donors (Lipinski definition) is 1. The van der Waals surface area contributed by atoms with Crippen LogP contribution in [0, 0.1) is 0 Å². The second-order valence-electron chi connectivity index (χ2n) is 4.02. The maximum atomic E-state index is 11.8. The molecule has 0 aliphatic heterocycles. The average molecular weight is 230 g/mol. The normalized spacial score (nSPS) is 10.4. The highest BCUT2D eigenvalue weighted by atomic mass is 16.1. The number of Topliss-reactive ketones (excluding diaryl/α,β-unsaturated/α-hetero) is 1. The zero-order chi connectivity index (χ0) is 12.3. The zero-order valence-electron chi connectivity index (χ0n) is 9.63. The highest BCUT2D eigenvalue weighted by Crippen LogP contribution is 2.08. The number of aryl methyl sites for hydroxylation is 1. The van der Waals surface area contributed by atoms with E-state index in [1.54, 1.807) is 24.0 Å². The fourth-order valence-corrected chi connectivity index (χ4v) is 1.67. The maximum absolute atomic E-state index is 11.8. The van der Waals surface area contributed by atoms with Crippen LogP contribution < -0.4 is 5.73 Å². The van der Waals surface area contributed by atoms with E-state index >= 15 is 0 Å². The van der Waals surface area contributed by atoms with Crippen LogP contribution in [0.4, 0.5) is 5.69 Å². The molecule has 0 amide bonds. The van der Waals surface area contributed by atoms with Crippen molar-refractivity contribution in [2.24, 2.45) is 7.05 Å². The Morgan fingerprint density at radius 2 is 2.24 bits per heavy atom. The Morgan fingerprint density at radius 3 is 2.88 bits per heavy atom. The number of carbonyl (C=O) groups excluding carboxylic acids is 1. The summed E-state index contributed by atoms with van der Waals surface area (Å²) in [5, 5.41) is 7.67. The molecule has 0 aliphatic rings. The van der Waals surface area contributed by atoms with Crippen molar-refractivity contribution in [2.45, 2.75) is 12.8 Å². The van der Waals surface area contributed by atoms with E-state index < -0.39 is 0 Å². The lowest BCUT2D eigenvalue weighted by molar-refractivity contribution is -0.117. The number of ketones is 1. The van der Waals surface area contributed by atoms with Crippen molar-refractivity contribution in [3.63, 3.8) is 0 Å². The molecule has 0 aliphatic carbocycles. The predicted molar refractivity (Wildman–Crippen MR) is 64.3 cm³/mol. The monoisotopic (exact) mass is 230 g/mol. The summed E-state index contributed by atoms with van der Waals surface area (Å²) < 4.78 is 1.59. The lowest BCUT2D eigenvalue weighted by atomic mass is 10.1. The van der Waals surface area contributed by atoms with Gasteiger partial charge in [-0.25, -0.2) is 0 Å². The molecule has 2 N–H and O–H groups in total. The van der Waals surface area contributed by atoms with Gasteiger partial charge in [0.25, 0.3) is 0 Å². The van der Waals surface area contributed by atoms with Crippen LogP contribution in [0.25, 0.3) is 0 Å². The van der Waals surface area contributed by atoms with Crippen LogP contribution in [0.3, 0.4) is 0 Å². The Labute approximate surface area is 99.2 Å².